The Kier molecular flexibility index (Phi) is 6.64. The molecule has 5 rings (SSSR count). The molecule has 4 saturated carbocycles. The number of rotatable bonds is 6. The molecule has 194 valence electrons. The van der Waals surface area contributed by atoms with E-state index in [1.54, 1.807) is 0 Å². The van der Waals surface area contributed by atoms with Crippen LogP contribution in [-0.2, 0) is 14.3 Å². The molecule has 34 heavy (non-hydrogen) atoms. The largest absolute Gasteiger partial charge is 0.481 e. The fourth-order valence-electron chi connectivity index (χ4n) is 9.97. The van der Waals surface area contributed by atoms with Crippen LogP contribution in [0.5, 0.6) is 0 Å². The summed E-state index contributed by atoms with van der Waals surface area (Å²) in [6, 6.07) is 0. The monoisotopic (exact) mass is 476 g/mol. The lowest BCUT2D eigenvalue weighted by Gasteiger charge is -2.63. The standard InChI is InChI=1S/C29H48O5/c1-18(6-5-7-19(2)26(31)32)21-8-9-22-25-23(10-11-28(21,22)4)27(3)12-13-29(33-14-15-34-29)17-20(27)16-24(25)30/h18-25,30H,5-17H2,1-4H3,(H,31,32)/t18-,19-,20+,21-,22?,23+,24?,25+,27+,28-/m1/s1. The lowest BCUT2D eigenvalue weighted by atomic mass is 9.43. The second kappa shape index (κ2) is 9.03. The van der Waals surface area contributed by atoms with E-state index in [4.69, 9.17) is 9.47 Å². The summed E-state index contributed by atoms with van der Waals surface area (Å²) < 4.78 is 12.2. The molecule has 0 radical (unpaired) electrons. The molecule has 0 bridgehead atoms. The van der Waals surface area contributed by atoms with Crippen LogP contribution in [0.3, 0.4) is 0 Å². The van der Waals surface area contributed by atoms with E-state index in [1.807, 2.05) is 6.92 Å². The summed E-state index contributed by atoms with van der Waals surface area (Å²) in [6.07, 6.45) is 11.8. The summed E-state index contributed by atoms with van der Waals surface area (Å²) in [5, 5.41) is 20.8. The van der Waals surface area contributed by atoms with E-state index in [0.717, 1.165) is 44.9 Å². The van der Waals surface area contributed by atoms with E-state index in [2.05, 4.69) is 20.8 Å². The lowest BCUT2D eigenvalue weighted by molar-refractivity contribution is -0.243. The number of hydrogen-bond donors (Lipinski definition) is 2. The molecule has 5 fully saturated rings. The van der Waals surface area contributed by atoms with Crippen molar-refractivity contribution >= 4 is 5.97 Å². The van der Waals surface area contributed by atoms with Gasteiger partial charge in [0.2, 0.25) is 0 Å². The number of carboxylic acids is 1. The van der Waals surface area contributed by atoms with Crippen molar-refractivity contribution in [3.63, 3.8) is 0 Å². The predicted molar refractivity (Wildman–Crippen MR) is 131 cm³/mol. The number of carboxylic acid groups (broad SMARTS) is 1. The van der Waals surface area contributed by atoms with Gasteiger partial charge in [-0.3, -0.25) is 4.79 Å². The Labute approximate surface area is 206 Å². The van der Waals surface area contributed by atoms with Crippen LogP contribution in [0, 0.1) is 52.3 Å². The zero-order valence-corrected chi connectivity index (χ0v) is 21.9. The van der Waals surface area contributed by atoms with Gasteiger partial charge < -0.3 is 19.7 Å². The quantitative estimate of drug-likeness (QED) is 0.500. The van der Waals surface area contributed by atoms with Gasteiger partial charge in [-0.15, -0.1) is 0 Å². The molecule has 0 aromatic carbocycles. The highest BCUT2D eigenvalue weighted by Gasteiger charge is 2.64. The summed E-state index contributed by atoms with van der Waals surface area (Å²) in [4.78, 5) is 11.2. The van der Waals surface area contributed by atoms with E-state index >= 15 is 0 Å². The summed E-state index contributed by atoms with van der Waals surface area (Å²) in [5.41, 5.74) is 0.610. The molecule has 2 unspecified atom stereocenters. The Bertz CT molecular complexity index is 762. The van der Waals surface area contributed by atoms with Gasteiger partial charge in [0.15, 0.2) is 5.79 Å². The summed E-state index contributed by atoms with van der Waals surface area (Å²) in [6.45, 7) is 10.7. The van der Waals surface area contributed by atoms with Crippen molar-refractivity contribution in [2.75, 3.05) is 13.2 Å². The molecule has 5 nitrogen and oxygen atoms in total. The number of aliphatic hydroxyl groups excluding tert-OH is 1. The zero-order chi connectivity index (χ0) is 24.3. The minimum atomic E-state index is -0.670. The number of hydrogen-bond acceptors (Lipinski definition) is 4. The Hall–Kier alpha value is -0.650. The van der Waals surface area contributed by atoms with Gasteiger partial charge in [-0.05, 0) is 91.3 Å². The van der Waals surface area contributed by atoms with E-state index in [1.165, 1.54) is 25.7 Å². The number of carbonyl (C=O) groups is 1. The fourth-order valence-corrected chi connectivity index (χ4v) is 9.97. The Morgan fingerprint density at radius 1 is 0.971 bits per heavy atom. The SMILES string of the molecule is C[C@H](CCC[C@@H](C)[C@H]1CCC2[C@@H]3C(O)C[C@H]4CC5(CC[C@]4(C)[C@H]3CC[C@@]21C)OCCO5)C(=O)O. The molecule has 0 aromatic heterocycles. The molecule has 1 heterocycles. The maximum Gasteiger partial charge on any atom is 0.306 e. The second-order valence-electron chi connectivity index (χ2n) is 13.5. The van der Waals surface area contributed by atoms with E-state index < -0.39 is 5.97 Å². The van der Waals surface area contributed by atoms with Crippen molar-refractivity contribution in [2.24, 2.45) is 52.3 Å². The summed E-state index contributed by atoms with van der Waals surface area (Å²) in [7, 11) is 0. The van der Waals surface area contributed by atoms with Crippen LogP contribution in [0.15, 0.2) is 0 Å². The fraction of sp³-hybridized carbons (Fsp3) is 0.966. The summed E-state index contributed by atoms with van der Waals surface area (Å²) in [5.74, 6) is 2.21. The number of aliphatic hydroxyl groups is 1. The molecule has 4 aliphatic carbocycles. The number of aliphatic carboxylic acids is 1. The number of ether oxygens (including phenoxy) is 2. The lowest BCUT2D eigenvalue weighted by Crippen LogP contribution is -2.60. The molecule has 1 saturated heterocycles. The van der Waals surface area contributed by atoms with Crippen molar-refractivity contribution in [3.8, 4) is 0 Å². The average Bonchev–Trinajstić information content (AvgIpc) is 3.39. The van der Waals surface area contributed by atoms with Gasteiger partial charge in [0.1, 0.15) is 0 Å². The molecule has 1 aliphatic heterocycles. The Morgan fingerprint density at radius 2 is 1.68 bits per heavy atom. The first-order chi connectivity index (χ1) is 16.1. The molecule has 1 spiro atoms. The first-order valence-electron chi connectivity index (χ1n) is 14.3. The van der Waals surface area contributed by atoms with Crippen LogP contribution in [0.1, 0.15) is 98.3 Å². The van der Waals surface area contributed by atoms with Crippen LogP contribution in [0.4, 0.5) is 0 Å². The van der Waals surface area contributed by atoms with Gasteiger partial charge in [0.05, 0.1) is 25.2 Å². The highest BCUT2D eigenvalue weighted by Crippen LogP contribution is 2.69. The van der Waals surface area contributed by atoms with Gasteiger partial charge in [0, 0.05) is 12.8 Å². The topological polar surface area (TPSA) is 76.0 Å². The molecule has 10 atom stereocenters. The van der Waals surface area contributed by atoms with Crippen molar-refractivity contribution < 1.29 is 24.5 Å². The smallest absolute Gasteiger partial charge is 0.306 e. The van der Waals surface area contributed by atoms with Crippen LogP contribution < -0.4 is 0 Å². The van der Waals surface area contributed by atoms with Crippen molar-refractivity contribution in [1.82, 2.24) is 0 Å². The third kappa shape index (κ3) is 3.96. The molecule has 5 heteroatoms. The minimum Gasteiger partial charge on any atom is -0.481 e. The first-order valence-corrected chi connectivity index (χ1v) is 14.3. The van der Waals surface area contributed by atoms with Crippen molar-refractivity contribution in [3.05, 3.63) is 0 Å². The van der Waals surface area contributed by atoms with Gasteiger partial charge in [-0.25, -0.2) is 0 Å². The van der Waals surface area contributed by atoms with Crippen molar-refractivity contribution in [1.29, 1.82) is 0 Å². The number of fused-ring (bicyclic) bond motifs is 5. The Balaban J connectivity index is 1.28. The molecule has 0 amide bonds. The van der Waals surface area contributed by atoms with Gasteiger partial charge in [0.25, 0.3) is 0 Å². The molecular formula is C29H48O5. The molecule has 0 aromatic rings. The van der Waals surface area contributed by atoms with Gasteiger partial charge in [-0.1, -0.05) is 40.5 Å². The maximum atomic E-state index is 11.6. The molecular weight excluding hydrogens is 428 g/mol. The Morgan fingerprint density at radius 3 is 2.38 bits per heavy atom. The predicted octanol–water partition coefficient (Wildman–Crippen LogP) is 5.89. The van der Waals surface area contributed by atoms with Crippen LogP contribution in [-0.4, -0.2) is 41.3 Å². The van der Waals surface area contributed by atoms with E-state index in [-0.39, 0.29) is 17.8 Å². The normalized spacial score (nSPS) is 47.0. The van der Waals surface area contributed by atoms with E-state index in [0.29, 0.717) is 59.6 Å². The van der Waals surface area contributed by atoms with Crippen LogP contribution in [0.2, 0.25) is 0 Å². The van der Waals surface area contributed by atoms with Gasteiger partial charge >= 0.3 is 5.97 Å². The van der Waals surface area contributed by atoms with Crippen molar-refractivity contribution in [2.45, 2.75) is 110 Å². The van der Waals surface area contributed by atoms with Crippen LogP contribution in [0.25, 0.3) is 0 Å². The first kappa shape index (κ1) is 25.0. The van der Waals surface area contributed by atoms with Gasteiger partial charge in [-0.2, -0.15) is 0 Å². The maximum absolute atomic E-state index is 11.6. The average molecular weight is 477 g/mol. The molecule has 2 N–H and O–H groups in total. The summed E-state index contributed by atoms with van der Waals surface area (Å²) >= 11 is 0. The zero-order valence-electron chi connectivity index (χ0n) is 21.9. The molecule has 5 aliphatic rings. The highest BCUT2D eigenvalue weighted by molar-refractivity contribution is 5.69. The van der Waals surface area contributed by atoms with Crippen LogP contribution >= 0.6 is 0 Å². The second-order valence-corrected chi connectivity index (χ2v) is 13.5. The van der Waals surface area contributed by atoms with E-state index in [9.17, 15) is 15.0 Å². The third-order valence-electron chi connectivity index (χ3n) is 12.0. The minimum absolute atomic E-state index is 0.199. The third-order valence-corrected chi connectivity index (χ3v) is 12.0. The highest BCUT2D eigenvalue weighted by atomic mass is 16.7.